The number of Topliss-reactive ketones (excluding diaryl/α,β-unsaturated/α-hetero) is 1. The predicted molar refractivity (Wildman–Crippen MR) is 146 cm³/mol. The van der Waals surface area contributed by atoms with Crippen LogP contribution in [0.15, 0.2) is 72.3 Å². The van der Waals surface area contributed by atoms with Gasteiger partial charge in [0.05, 0.1) is 34.9 Å². The number of nitrogens with zero attached hydrogens (tertiary/aromatic N) is 1. The minimum atomic E-state index is -0.974. The van der Waals surface area contributed by atoms with Gasteiger partial charge in [0.1, 0.15) is 11.5 Å². The second kappa shape index (κ2) is 11.1. The fourth-order valence-corrected chi connectivity index (χ4v) is 4.61. The molecule has 0 bridgehead atoms. The number of aliphatic hydroxyl groups is 1. The molecule has 7 nitrogen and oxygen atoms in total. The van der Waals surface area contributed by atoms with Crippen LogP contribution in [0.5, 0.6) is 5.75 Å². The molecule has 38 heavy (non-hydrogen) atoms. The molecule has 1 aliphatic rings. The van der Waals surface area contributed by atoms with Crippen LogP contribution < -0.4 is 9.64 Å². The molecular weight excluding hydrogens is 506 g/mol. The standard InChI is InChI=1S/C30H28ClNO6/c1-5-37-22-12-13-24(31)23(16-22)27(33)25-26(19-9-6-8-18(4)14-19)32(29(35)28(25)34)21-11-7-10-20(15-21)30(36)38-17(2)3/h6-17,26,33H,5H2,1-4H3/b27-25+. The molecule has 196 valence electrons. The predicted octanol–water partition coefficient (Wildman–Crippen LogP) is 6.24. The number of carbonyl (C=O) groups is 3. The van der Waals surface area contributed by atoms with Gasteiger partial charge in [-0.15, -0.1) is 0 Å². The van der Waals surface area contributed by atoms with Crippen LogP contribution in [0.2, 0.25) is 5.02 Å². The van der Waals surface area contributed by atoms with Crippen molar-refractivity contribution in [2.75, 3.05) is 11.5 Å². The Labute approximate surface area is 226 Å². The highest BCUT2D eigenvalue weighted by atomic mass is 35.5. The topological polar surface area (TPSA) is 93.1 Å². The van der Waals surface area contributed by atoms with E-state index in [1.165, 1.54) is 17.0 Å². The summed E-state index contributed by atoms with van der Waals surface area (Å²) < 4.78 is 10.8. The number of rotatable bonds is 7. The average molecular weight is 534 g/mol. The number of ether oxygens (including phenoxy) is 2. The van der Waals surface area contributed by atoms with Gasteiger partial charge < -0.3 is 14.6 Å². The van der Waals surface area contributed by atoms with Crippen LogP contribution in [0.25, 0.3) is 5.76 Å². The molecule has 4 rings (SSSR count). The van der Waals surface area contributed by atoms with Crippen molar-refractivity contribution in [2.45, 2.75) is 39.8 Å². The molecule has 1 unspecified atom stereocenters. The summed E-state index contributed by atoms with van der Waals surface area (Å²) in [7, 11) is 0. The first-order valence-electron chi connectivity index (χ1n) is 12.2. The van der Waals surface area contributed by atoms with Gasteiger partial charge in [-0.25, -0.2) is 4.79 Å². The van der Waals surface area contributed by atoms with Crippen LogP contribution >= 0.6 is 11.6 Å². The largest absolute Gasteiger partial charge is 0.507 e. The van der Waals surface area contributed by atoms with Crippen molar-refractivity contribution in [3.05, 3.63) is 99.6 Å². The van der Waals surface area contributed by atoms with E-state index in [0.29, 0.717) is 23.6 Å². The van der Waals surface area contributed by atoms with Crippen LogP contribution in [0, 0.1) is 6.92 Å². The summed E-state index contributed by atoms with van der Waals surface area (Å²) in [4.78, 5) is 40.8. The van der Waals surface area contributed by atoms with E-state index in [9.17, 15) is 19.5 Å². The fraction of sp³-hybridized carbons (Fsp3) is 0.233. The Balaban J connectivity index is 1.92. The average Bonchev–Trinajstić information content (AvgIpc) is 3.15. The van der Waals surface area contributed by atoms with E-state index in [2.05, 4.69) is 0 Å². The van der Waals surface area contributed by atoms with Gasteiger partial charge in [0.15, 0.2) is 0 Å². The molecule has 8 heteroatoms. The van der Waals surface area contributed by atoms with Crippen molar-refractivity contribution in [1.29, 1.82) is 0 Å². The van der Waals surface area contributed by atoms with E-state index >= 15 is 0 Å². The van der Waals surface area contributed by atoms with Crippen LogP contribution in [0.4, 0.5) is 5.69 Å². The summed E-state index contributed by atoms with van der Waals surface area (Å²) in [5.41, 5.74) is 2.10. The van der Waals surface area contributed by atoms with E-state index in [1.54, 1.807) is 50.2 Å². The number of carbonyl (C=O) groups excluding carboxylic acids is 3. The van der Waals surface area contributed by atoms with E-state index in [-0.39, 0.29) is 27.8 Å². The van der Waals surface area contributed by atoms with Gasteiger partial charge in [-0.2, -0.15) is 0 Å². The third-order valence-corrected chi connectivity index (χ3v) is 6.34. The molecule has 0 saturated carbocycles. The lowest BCUT2D eigenvalue weighted by Crippen LogP contribution is -2.29. The minimum absolute atomic E-state index is 0.119. The first-order chi connectivity index (χ1) is 18.1. The lowest BCUT2D eigenvalue weighted by molar-refractivity contribution is -0.132. The van der Waals surface area contributed by atoms with Gasteiger partial charge >= 0.3 is 5.97 Å². The first-order valence-corrected chi connectivity index (χ1v) is 12.6. The molecule has 0 aromatic heterocycles. The van der Waals surface area contributed by atoms with Gasteiger partial charge in [0, 0.05) is 11.3 Å². The zero-order chi connectivity index (χ0) is 27.6. The summed E-state index contributed by atoms with van der Waals surface area (Å²) in [5, 5.41) is 11.6. The van der Waals surface area contributed by atoms with Crippen LogP contribution in [0.1, 0.15) is 53.9 Å². The maximum absolute atomic E-state index is 13.5. The molecule has 1 saturated heterocycles. The van der Waals surface area contributed by atoms with Crippen molar-refractivity contribution >= 4 is 40.7 Å². The van der Waals surface area contributed by atoms with Crippen molar-refractivity contribution in [3.63, 3.8) is 0 Å². The number of anilines is 1. The van der Waals surface area contributed by atoms with Crippen LogP contribution in [0.3, 0.4) is 0 Å². The van der Waals surface area contributed by atoms with Crippen molar-refractivity contribution in [2.24, 2.45) is 0 Å². The Morgan fingerprint density at radius 1 is 1.05 bits per heavy atom. The number of esters is 1. The number of halogens is 1. The summed E-state index contributed by atoms with van der Waals surface area (Å²) in [6, 6.07) is 17.4. The Morgan fingerprint density at radius 3 is 2.47 bits per heavy atom. The number of amides is 1. The molecule has 1 heterocycles. The zero-order valence-electron chi connectivity index (χ0n) is 21.5. The minimum Gasteiger partial charge on any atom is -0.507 e. The number of hydrogen-bond acceptors (Lipinski definition) is 6. The summed E-state index contributed by atoms with van der Waals surface area (Å²) in [5.74, 6) is -2.23. The molecule has 1 aliphatic heterocycles. The van der Waals surface area contributed by atoms with Crippen LogP contribution in [-0.4, -0.2) is 35.5 Å². The molecule has 1 atom stereocenters. The van der Waals surface area contributed by atoms with Gasteiger partial charge in [-0.3, -0.25) is 14.5 Å². The maximum atomic E-state index is 13.5. The summed E-state index contributed by atoms with van der Waals surface area (Å²) in [6.07, 6.45) is -0.329. The quantitative estimate of drug-likeness (QED) is 0.167. The monoisotopic (exact) mass is 533 g/mol. The summed E-state index contributed by atoms with van der Waals surface area (Å²) in [6.45, 7) is 7.58. The normalized spacial score (nSPS) is 16.7. The number of aliphatic hydroxyl groups excluding tert-OH is 1. The van der Waals surface area contributed by atoms with Gasteiger partial charge in [0.25, 0.3) is 11.7 Å². The lowest BCUT2D eigenvalue weighted by atomic mass is 9.94. The zero-order valence-corrected chi connectivity index (χ0v) is 22.3. The molecule has 3 aromatic carbocycles. The Bertz CT molecular complexity index is 1440. The van der Waals surface area contributed by atoms with E-state index in [1.807, 2.05) is 32.0 Å². The third kappa shape index (κ3) is 5.29. The molecule has 1 amide bonds. The van der Waals surface area contributed by atoms with Crippen LogP contribution in [-0.2, 0) is 14.3 Å². The molecule has 0 spiro atoms. The highest BCUT2D eigenvalue weighted by Gasteiger charge is 2.47. The summed E-state index contributed by atoms with van der Waals surface area (Å²) >= 11 is 6.41. The number of aryl methyl sites for hydroxylation is 1. The Hall–Kier alpha value is -4.10. The van der Waals surface area contributed by atoms with Crippen molar-refractivity contribution in [1.82, 2.24) is 0 Å². The molecule has 0 radical (unpaired) electrons. The molecular formula is C30H28ClNO6. The molecule has 1 fully saturated rings. The van der Waals surface area contributed by atoms with Crippen molar-refractivity contribution in [3.8, 4) is 5.75 Å². The number of ketones is 1. The smallest absolute Gasteiger partial charge is 0.338 e. The van der Waals surface area contributed by atoms with Gasteiger partial charge in [0.2, 0.25) is 0 Å². The van der Waals surface area contributed by atoms with Gasteiger partial charge in [-0.1, -0.05) is 47.5 Å². The Morgan fingerprint density at radius 2 is 1.79 bits per heavy atom. The van der Waals surface area contributed by atoms with Gasteiger partial charge in [-0.05, 0) is 69.7 Å². The second-order valence-electron chi connectivity index (χ2n) is 9.16. The number of benzene rings is 3. The SMILES string of the molecule is CCOc1ccc(Cl)c(/C(O)=C2\C(=O)C(=O)N(c3cccc(C(=O)OC(C)C)c3)C2c2cccc(C)c2)c1. The number of hydrogen-bond donors (Lipinski definition) is 1. The second-order valence-corrected chi connectivity index (χ2v) is 9.57. The fourth-order valence-electron chi connectivity index (χ4n) is 4.41. The molecule has 0 aliphatic carbocycles. The van der Waals surface area contributed by atoms with Crippen molar-refractivity contribution < 1.29 is 29.0 Å². The first kappa shape index (κ1) is 26.9. The molecule has 3 aromatic rings. The van der Waals surface area contributed by atoms with E-state index in [0.717, 1.165) is 5.56 Å². The highest BCUT2D eigenvalue weighted by Crippen LogP contribution is 2.43. The lowest BCUT2D eigenvalue weighted by Gasteiger charge is -2.26. The maximum Gasteiger partial charge on any atom is 0.338 e. The third-order valence-electron chi connectivity index (χ3n) is 6.01. The Kier molecular flexibility index (Phi) is 7.88. The van der Waals surface area contributed by atoms with E-state index < -0.39 is 29.5 Å². The highest BCUT2D eigenvalue weighted by molar-refractivity contribution is 6.52. The van der Waals surface area contributed by atoms with E-state index in [4.69, 9.17) is 21.1 Å². The molecule has 1 N–H and O–H groups in total.